The van der Waals surface area contributed by atoms with Crippen molar-refractivity contribution in [3.63, 3.8) is 0 Å². The van der Waals surface area contributed by atoms with Crippen molar-refractivity contribution in [2.45, 2.75) is 19.0 Å². The third-order valence-corrected chi connectivity index (χ3v) is 2.98. The Morgan fingerprint density at radius 1 is 1.40 bits per heavy atom. The molecule has 1 aromatic rings. The van der Waals surface area contributed by atoms with E-state index in [2.05, 4.69) is 5.32 Å². The van der Waals surface area contributed by atoms with E-state index in [1.807, 2.05) is 0 Å². The first-order chi connectivity index (χ1) is 7.27. The van der Waals surface area contributed by atoms with Crippen LogP contribution in [0.1, 0.15) is 12.0 Å². The molecule has 0 spiro atoms. The monoisotopic (exact) mass is 211 g/mol. The average Bonchev–Trinajstić information content (AvgIpc) is 2.74. The van der Waals surface area contributed by atoms with E-state index < -0.39 is 6.17 Å². The smallest absolute Gasteiger partial charge is 0.126 e. The molecule has 1 N–H and O–H groups in total. The molecule has 1 aromatic carbocycles. The Balaban J connectivity index is 1.99. The highest BCUT2D eigenvalue weighted by molar-refractivity contribution is 5.18. The summed E-state index contributed by atoms with van der Waals surface area (Å²) in [6, 6.07) is 6.42. The third-order valence-electron chi connectivity index (χ3n) is 2.98. The minimum absolute atomic E-state index is 0.0459. The van der Waals surface area contributed by atoms with Gasteiger partial charge in [0.05, 0.1) is 0 Å². The fourth-order valence-electron chi connectivity index (χ4n) is 2.03. The number of hydrogen-bond acceptors (Lipinski definition) is 1. The van der Waals surface area contributed by atoms with Crippen molar-refractivity contribution < 1.29 is 8.78 Å². The quantitative estimate of drug-likeness (QED) is 0.809. The minimum atomic E-state index is -0.933. The van der Waals surface area contributed by atoms with Crippen LogP contribution in [0.25, 0.3) is 0 Å². The lowest BCUT2D eigenvalue weighted by atomic mass is 9.96. The average molecular weight is 211 g/mol. The highest BCUT2D eigenvalue weighted by atomic mass is 19.1. The first-order valence-electron chi connectivity index (χ1n) is 5.35. The number of halogens is 2. The normalized spacial score (nSPS) is 22.9. The van der Waals surface area contributed by atoms with E-state index in [1.165, 1.54) is 6.07 Å². The van der Waals surface area contributed by atoms with Crippen LogP contribution in [-0.4, -0.2) is 19.3 Å². The molecular formula is C12H15F2N. The summed E-state index contributed by atoms with van der Waals surface area (Å²) in [5.74, 6) is -0.254. The molecule has 15 heavy (non-hydrogen) atoms. The Morgan fingerprint density at radius 2 is 2.20 bits per heavy atom. The Kier molecular flexibility index (Phi) is 3.31. The molecule has 0 aliphatic carbocycles. The van der Waals surface area contributed by atoms with E-state index in [4.69, 9.17) is 0 Å². The molecule has 1 heterocycles. The SMILES string of the molecule is Fc1ccccc1CC(F)C1CCNC1. The second kappa shape index (κ2) is 4.71. The largest absolute Gasteiger partial charge is 0.316 e. The predicted octanol–water partition coefficient (Wildman–Crippen LogP) is 2.32. The molecule has 0 amide bonds. The first-order valence-corrected chi connectivity index (χ1v) is 5.35. The second-order valence-corrected chi connectivity index (χ2v) is 4.06. The summed E-state index contributed by atoms with van der Waals surface area (Å²) >= 11 is 0. The van der Waals surface area contributed by atoms with Crippen molar-refractivity contribution in [3.8, 4) is 0 Å². The molecule has 1 aliphatic rings. The van der Waals surface area contributed by atoms with Crippen molar-refractivity contribution in [3.05, 3.63) is 35.6 Å². The van der Waals surface area contributed by atoms with Gasteiger partial charge in [-0.2, -0.15) is 0 Å². The van der Waals surface area contributed by atoms with Crippen LogP contribution < -0.4 is 5.32 Å². The number of hydrogen-bond donors (Lipinski definition) is 1. The van der Waals surface area contributed by atoms with Gasteiger partial charge in [0, 0.05) is 18.9 Å². The summed E-state index contributed by atoms with van der Waals surface area (Å²) in [6.07, 6.45) is 0.117. The van der Waals surface area contributed by atoms with Crippen LogP contribution >= 0.6 is 0 Å². The molecule has 0 radical (unpaired) electrons. The van der Waals surface area contributed by atoms with Crippen molar-refractivity contribution >= 4 is 0 Å². The fourth-order valence-corrected chi connectivity index (χ4v) is 2.03. The summed E-state index contributed by atoms with van der Waals surface area (Å²) in [7, 11) is 0. The zero-order valence-corrected chi connectivity index (χ0v) is 8.55. The van der Waals surface area contributed by atoms with Crippen LogP contribution in [-0.2, 0) is 6.42 Å². The van der Waals surface area contributed by atoms with Gasteiger partial charge >= 0.3 is 0 Å². The van der Waals surface area contributed by atoms with E-state index >= 15 is 0 Å². The molecule has 1 fully saturated rings. The van der Waals surface area contributed by atoms with Gasteiger partial charge in [-0.1, -0.05) is 18.2 Å². The molecule has 1 nitrogen and oxygen atoms in total. The predicted molar refractivity (Wildman–Crippen MR) is 56.0 cm³/mol. The van der Waals surface area contributed by atoms with Crippen molar-refractivity contribution in [1.29, 1.82) is 0 Å². The van der Waals surface area contributed by atoms with Crippen molar-refractivity contribution in [2.75, 3.05) is 13.1 Å². The zero-order chi connectivity index (χ0) is 10.7. The number of nitrogens with one attached hydrogen (secondary N) is 1. The van der Waals surface area contributed by atoms with Crippen LogP contribution in [0.5, 0.6) is 0 Å². The first kappa shape index (κ1) is 10.6. The van der Waals surface area contributed by atoms with Crippen LogP contribution in [0.3, 0.4) is 0 Å². The summed E-state index contributed by atoms with van der Waals surface area (Å²) in [5.41, 5.74) is 0.483. The van der Waals surface area contributed by atoms with Crippen molar-refractivity contribution in [1.82, 2.24) is 5.32 Å². The molecule has 2 atom stereocenters. The lowest BCUT2D eigenvalue weighted by Crippen LogP contribution is -2.21. The van der Waals surface area contributed by atoms with E-state index in [0.29, 0.717) is 5.56 Å². The molecule has 1 saturated heterocycles. The lowest BCUT2D eigenvalue weighted by Gasteiger charge is -2.14. The molecule has 2 unspecified atom stereocenters. The lowest BCUT2D eigenvalue weighted by molar-refractivity contribution is 0.238. The summed E-state index contributed by atoms with van der Waals surface area (Å²) in [5, 5.41) is 3.12. The van der Waals surface area contributed by atoms with E-state index in [1.54, 1.807) is 18.2 Å². The van der Waals surface area contributed by atoms with Crippen molar-refractivity contribution in [2.24, 2.45) is 5.92 Å². The maximum atomic E-state index is 13.8. The Bertz CT molecular complexity index is 321. The van der Waals surface area contributed by atoms with Gasteiger partial charge in [-0.05, 0) is 24.6 Å². The Hall–Kier alpha value is -0.960. The molecule has 2 rings (SSSR count). The highest BCUT2D eigenvalue weighted by Gasteiger charge is 2.25. The minimum Gasteiger partial charge on any atom is -0.316 e. The van der Waals surface area contributed by atoms with E-state index in [0.717, 1.165) is 19.5 Å². The zero-order valence-electron chi connectivity index (χ0n) is 8.55. The summed E-state index contributed by atoms with van der Waals surface area (Å²) in [6.45, 7) is 1.60. The molecule has 3 heteroatoms. The topological polar surface area (TPSA) is 12.0 Å². The number of benzene rings is 1. The fraction of sp³-hybridized carbons (Fsp3) is 0.500. The van der Waals surface area contributed by atoms with E-state index in [9.17, 15) is 8.78 Å². The molecule has 0 saturated carbocycles. The number of rotatable bonds is 3. The van der Waals surface area contributed by atoms with Gasteiger partial charge < -0.3 is 5.32 Å². The van der Waals surface area contributed by atoms with Gasteiger partial charge in [0.25, 0.3) is 0 Å². The van der Waals surface area contributed by atoms with Crippen LogP contribution in [0, 0.1) is 11.7 Å². The van der Waals surface area contributed by atoms with Gasteiger partial charge in [0.15, 0.2) is 0 Å². The Morgan fingerprint density at radius 3 is 2.87 bits per heavy atom. The van der Waals surface area contributed by atoms with Gasteiger partial charge in [-0.3, -0.25) is 0 Å². The van der Waals surface area contributed by atoms with Crippen LogP contribution in [0.15, 0.2) is 24.3 Å². The molecule has 0 aromatic heterocycles. The van der Waals surface area contributed by atoms with Gasteiger partial charge in [0.1, 0.15) is 12.0 Å². The van der Waals surface area contributed by atoms with Gasteiger partial charge in [-0.15, -0.1) is 0 Å². The summed E-state index contributed by atoms with van der Waals surface area (Å²) in [4.78, 5) is 0. The molecular weight excluding hydrogens is 196 g/mol. The van der Waals surface area contributed by atoms with Crippen LogP contribution in [0.2, 0.25) is 0 Å². The molecule has 1 aliphatic heterocycles. The van der Waals surface area contributed by atoms with Gasteiger partial charge in [0.2, 0.25) is 0 Å². The standard InChI is InChI=1S/C12H15F2N/c13-11-4-2-1-3-9(11)7-12(14)10-5-6-15-8-10/h1-4,10,12,15H,5-8H2. The summed E-state index contributed by atoms with van der Waals surface area (Å²) < 4.78 is 27.0. The maximum Gasteiger partial charge on any atom is 0.126 e. The Labute approximate surface area is 88.5 Å². The number of alkyl halides is 1. The highest BCUT2D eigenvalue weighted by Crippen LogP contribution is 2.20. The maximum absolute atomic E-state index is 13.8. The van der Waals surface area contributed by atoms with E-state index in [-0.39, 0.29) is 18.2 Å². The van der Waals surface area contributed by atoms with Crippen LogP contribution in [0.4, 0.5) is 8.78 Å². The third kappa shape index (κ3) is 2.53. The molecule has 0 bridgehead atoms. The van der Waals surface area contributed by atoms with Gasteiger partial charge in [-0.25, -0.2) is 8.78 Å². The molecule has 82 valence electrons. The second-order valence-electron chi connectivity index (χ2n) is 4.06.